The Labute approximate surface area is 70.8 Å². The van der Waals surface area contributed by atoms with Crippen LogP contribution in [0.25, 0.3) is 0 Å². The van der Waals surface area contributed by atoms with E-state index in [1.165, 1.54) is 0 Å². The van der Waals surface area contributed by atoms with Crippen molar-refractivity contribution >= 4 is 5.97 Å². The summed E-state index contributed by atoms with van der Waals surface area (Å²) in [5, 5.41) is 18.3. The Morgan fingerprint density at radius 1 is 1.50 bits per heavy atom. The van der Waals surface area contributed by atoms with Crippen molar-refractivity contribution in [1.29, 1.82) is 0 Å². The van der Waals surface area contributed by atoms with Gasteiger partial charge < -0.3 is 10.2 Å². The molecule has 2 rings (SSSR count). The van der Waals surface area contributed by atoms with Crippen molar-refractivity contribution < 1.29 is 15.0 Å². The summed E-state index contributed by atoms with van der Waals surface area (Å²) in [6, 6.07) is -0.321. The molecule has 0 saturated carbocycles. The molecular formula is C8H13NO3. The van der Waals surface area contributed by atoms with Crippen LogP contribution in [-0.2, 0) is 4.79 Å². The lowest BCUT2D eigenvalue weighted by Crippen LogP contribution is -2.37. The molecule has 68 valence electrons. The molecular weight excluding hydrogens is 158 g/mol. The molecule has 0 bridgehead atoms. The molecule has 0 spiro atoms. The molecule has 0 amide bonds. The van der Waals surface area contributed by atoms with Gasteiger partial charge in [-0.2, -0.15) is 0 Å². The average molecular weight is 171 g/mol. The van der Waals surface area contributed by atoms with E-state index in [1.807, 2.05) is 4.90 Å². The first-order valence-electron chi connectivity index (χ1n) is 4.37. The maximum atomic E-state index is 10.7. The van der Waals surface area contributed by atoms with E-state index in [0.29, 0.717) is 6.42 Å². The van der Waals surface area contributed by atoms with Crippen molar-refractivity contribution in [3.63, 3.8) is 0 Å². The summed E-state index contributed by atoms with van der Waals surface area (Å²) in [6.07, 6.45) is 1.95. The van der Waals surface area contributed by atoms with Crippen LogP contribution in [0.5, 0.6) is 0 Å². The number of rotatable bonds is 1. The number of fused-ring (bicyclic) bond motifs is 1. The van der Waals surface area contributed by atoms with Gasteiger partial charge in [0.25, 0.3) is 0 Å². The number of carboxylic acids is 1. The number of aliphatic carboxylic acids is 1. The van der Waals surface area contributed by atoms with E-state index in [1.54, 1.807) is 0 Å². The van der Waals surface area contributed by atoms with Crippen molar-refractivity contribution in [1.82, 2.24) is 4.90 Å². The smallest absolute Gasteiger partial charge is 0.321 e. The molecule has 2 aliphatic heterocycles. The first kappa shape index (κ1) is 8.01. The van der Waals surface area contributed by atoms with E-state index < -0.39 is 18.1 Å². The van der Waals surface area contributed by atoms with E-state index in [2.05, 4.69) is 0 Å². The number of nitrogens with zero attached hydrogens (tertiary/aromatic N) is 1. The number of hydrogen-bond acceptors (Lipinski definition) is 3. The predicted octanol–water partition coefficient (Wildman–Crippen LogP) is -0.331. The Hall–Kier alpha value is -0.610. The van der Waals surface area contributed by atoms with Gasteiger partial charge in [-0.3, -0.25) is 9.69 Å². The summed E-state index contributed by atoms with van der Waals surface area (Å²) >= 11 is 0. The molecule has 3 atom stereocenters. The molecule has 0 aliphatic carbocycles. The van der Waals surface area contributed by atoms with Crippen LogP contribution in [-0.4, -0.2) is 45.8 Å². The lowest BCUT2D eigenvalue weighted by atomic mass is 10.1. The van der Waals surface area contributed by atoms with E-state index in [-0.39, 0.29) is 6.04 Å². The number of carboxylic acid groups (broad SMARTS) is 1. The van der Waals surface area contributed by atoms with E-state index >= 15 is 0 Å². The van der Waals surface area contributed by atoms with Gasteiger partial charge in [0.15, 0.2) is 0 Å². The van der Waals surface area contributed by atoms with Crippen LogP contribution < -0.4 is 0 Å². The molecule has 0 aromatic carbocycles. The Balaban J connectivity index is 2.14. The fourth-order valence-corrected chi connectivity index (χ4v) is 2.38. The molecule has 0 aromatic rings. The highest BCUT2D eigenvalue weighted by Crippen LogP contribution is 2.32. The molecule has 2 saturated heterocycles. The van der Waals surface area contributed by atoms with Crippen molar-refractivity contribution in [3.05, 3.63) is 0 Å². The minimum Gasteiger partial charge on any atom is -0.480 e. The fraction of sp³-hybridized carbons (Fsp3) is 0.875. The molecule has 12 heavy (non-hydrogen) atoms. The minimum absolute atomic E-state index is 0.117. The van der Waals surface area contributed by atoms with Crippen LogP contribution in [0.3, 0.4) is 0 Å². The van der Waals surface area contributed by atoms with Crippen LogP contribution in [0.1, 0.15) is 19.3 Å². The number of aliphatic hydroxyl groups is 1. The fourth-order valence-electron chi connectivity index (χ4n) is 2.38. The number of hydrogen-bond donors (Lipinski definition) is 2. The standard InChI is InChI=1S/C8H13NO3/c10-7-4-6(8(11)12)9-3-1-2-5(7)9/h5-7,10H,1-4H2,(H,11,12)/t5-,6?,7?/m1/s1. The zero-order valence-electron chi connectivity index (χ0n) is 6.81. The third-order valence-electron chi connectivity index (χ3n) is 2.94. The largest absolute Gasteiger partial charge is 0.480 e. The van der Waals surface area contributed by atoms with Crippen LogP contribution in [0.4, 0.5) is 0 Å². The Kier molecular flexibility index (Phi) is 1.81. The average Bonchev–Trinajstić information content (AvgIpc) is 2.53. The highest BCUT2D eigenvalue weighted by molar-refractivity contribution is 5.74. The highest BCUT2D eigenvalue weighted by Gasteiger charge is 2.45. The number of aliphatic hydroxyl groups excluding tert-OH is 1. The van der Waals surface area contributed by atoms with E-state index in [4.69, 9.17) is 5.11 Å². The second-order valence-corrected chi connectivity index (χ2v) is 3.60. The summed E-state index contributed by atoms with van der Waals surface area (Å²) < 4.78 is 0. The van der Waals surface area contributed by atoms with Crippen LogP contribution in [0, 0.1) is 0 Å². The molecule has 0 radical (unpaired) electrons. The quantitative estimate of drug-likeness (QED) is 0.567. The van der Waals surface area contributed by atoms with Gasteiger partial charge in [0, 0.05) is 12.5 Å². The van der Waals surface area contributed by atoms with Crippen molar-refractivity contribution in [2.45, 2.75) is 37.5 Å². The molecule has 4 nitrogen and oxygen atoms in total. The summed E-state index contributed by atoms with van der Waals surface area (Å²) in [5.41, 5.74) is 0. The maximum Gasteiger partial charge on any atom is 0.321 e. The monoisotopic (exact) mass is 171 g/mol. The Bertz CT molecular complexity index is 206. The van der Waals surface area contributed by atoms with Gasteiger partial charge in [-0.15, -0.1) is 0 Å². The zero-order chi connectivity index (χ0) is 8.72. The maximum absolute atomic E-state index is 10.7. The highest BCUT2D eigenvalue weighted by atomic mass is 16.4. The van der Waals surface area contributed by atoms with Gasteiger partial charge in [0.05, 0.1) is 6.10 Å². The van der Waals surface area contributed by atoms with Gasteiger partial charge in [-0.25, -0.2) is 0 Å². The van der Waals surface area contributed by atoms with Crippen LogP contribution in [0.2, 0.25) is 0 Å². The SMILES string of the molecule is O=C(O)C1CC(O)[C@H]2CCCN12. The molecule has 2 heterocycles. The van der Waals surface area contributed by atoms with Gasteiger partial charge >= 0.3 is 5.97 Å². The first-order chi connectivity index (χ1) is 5.70. The van der Waals surface area contributed by atoms with Crippen molar-refractivity contribution in [2.75, 3.05) is 6.54 Å². The topological polar surface area (TPSA) is 60.8 Å². The van der Waals surface area contributed by atoms with Crippen molar-refractivity contribution in [2.24, 2.45) is 0 Å². The normalized spacial score (nSPS) is 41.6. The lowest BCUT2D eigenvalue weighted by molar-refractivity contribution is -0.142. The van der Waals surface area contributed by atoms with Gasteiger partial charge in [0.1, 0.15) is 6.04 Å². The summed E-state index contributed by atoms with van der Waals surface area (Å²) in [4.78, 5) is 12.7. The van der Waals surface area contributed by atoms with E-state index in [9.17, 15) is 9.90 Å². The summed E-state index contributed by atoms with van der Waals surface area (Å²) in [5.74, 6) is -0.793. The van der Waals surface area contributed by atoms with Crippen molar-refractivity contribution in [3.8, 4) is 0 Å². The third-order valence-corrected chi connectivity index (χ3v) is 2.94. The van der Waals surface area contributed by atoms with E-state index in [0.717, 1.165) is 19.4 Å². The molecule has 0 aromatic heterocycles. The Morgan fingerprint density at radius 2 is 2.25 bits per heavy atom. The minimum atomic E-state index is -0.793. The second kappa shape index (κ2) is 2.71. The summed E-state index contributed by atoms with van der Waals surface area (Å²) in [7, 11) is 0. The molecule has 2 fully saturated rings. The second-order valence-electron chi connectivity index (χ2n) is 3.60. The Morgan fingerprint density at radius 3 is 2.92 bits per heavy atom. The lowest BCUT2D eigenvalue weighted by Gasteiger charge is -2.19. The van der Waals surface area contributed by atoms with Crippen LogP contribution >= 0.6 is 0 Å². The number of carbonyl (C=O) groups is 1. The van der Waals surface area contributed by atoms with Crippen LogP contribution in [0.15, 0.2) is 0 Å². The molecule has 4 heteroatoms. The summed E-state index contributed by atoms with van der Waals surface area (Å²) in [6.45, 7) is 0.832. The third kappa shape index (κ3) is 1.03. The van der Waals surface area contributed by atoms with Gasteiger partial charge in [-0.1, -0.05) is 0 Å². The molecule has 2 aliphatic rings. The molecule has 2 unspecified atom stereocenters. The zero-order valence-corrected chi connectivity index (χ0v) is 6.81. The predicted molar refractivity (Wildman–Crippen MR) is 41.8 cm³/mol. The van der Waals surface area contributed by atoms with Gasteiger partial charge in [0.2, 0.25) is 0 Å². The molecule has 2 N–H and O–H groups in total. The first-order valence-corrected chi connectivity index (χ1v) is 4.37. The van der Waals surface area contributed by atoms with Gasteiger partial charge in [-0.05, 0) is 19.4 Å².